The molecule has 1 aliphatic heterocycles. The Balaban J connectivity index is 1.65. The van der Waals surface area contributed by atoms with Gasteiger partial charge in [-0.2, -0.15) is 0 Å². The maximum atomic E-state index is 13.0. The van der Waals surface area contributed by atoms with Gasteiger partial charge in [0.2, 0.25) is 0 Å². The summed E-state index contributed by atoms with van der Waals surface area (Å²) in [5, 5.41) is 2.87. The molecule has 28 heavy (non-hydrogen) atoms. The molecule has 1 atom stereocenters. The van der Waals surface area contributed by atoms with Crippen LogP contribution in [-0.2, 0) is 17.7 Å². The van der Waals surface area contributed by atoms with E-state index in [1.807, 2.05) is 30.3 Å². The summed E-state index contributed by atoms with van der Waals surface area (Å²) >= 11 is -1.50. The van der Waals surface area contributed by atoms with E-state index >= 15 is 0 Å². The van der Waals surface area contributed by atoms with Crippen molar-refractivity contribution in [3.63, 3.8) is 0 Å². The Hall–Kier alpha value is -3.09. The van der Waals surface area contributed by atoms with Gasteiger partial charge in [-0.25, -0.2) is 0 Å². The number of nitrogens with one attached hydrogen (secondary N) is 1. The number of hydrogen-bond acceptors (Lipinski definition) is 3. The number of fused-ring (bicyclic) bond motifs is 2. The van der Waals surface area contributed by atoms with Gasteiger partial charge < -0.3 is 14.8 Å². The first-order chi connectivity index (χ1) is 13.6. The zero-order chi connectivity index (χ0) is 19.7. The van der Waals surface area contributed by atoms with Crippen molar-refractivity contribution in [1.29, 1.82) is 0 Å². The largest absolute Gasteiger partial charge is 0.606 e. The maximum absolute atomic E-state index is 13.0. The number of nitrogens with zero attached hydrogens (tertiary/aromatic N) is 1. The molecular formula is C22H18N2O3S. The van der Waals surface area contributed by atoms with E-state index in [1.54, 1.807) is 49.5 Å². The van der Waals surface area contributed by atoms with Crippen LogP contribution in [-0.4, -0.2) is 23.4 Å². The predicted molar refractivity (Wildman–Crippen MR) is 108 cm³/mol. The normalized spacial score (nSPS) is 15.4. The minimum absolute atomic E-state index is 0.246. The Kier molecular flexibility index (Phi) is 4.90. The minimum atomic E-state index is -1.50. The fraction of sp³-hybridized carbons (Fsp3) is 0.0909. The molecule has 0 radical (unpaired) electrons. The quantitative estimate of drug-likeness (QED) is 0.697. The lowest BCUT2D eigenvalue weighted by Crippen LogP contribution is -2.27. The molecule has 1 heterocycles. The van der Waals surface area contributed by atoms with E-state index in [2.05, 4.69) is 5.32 Å². The summed E-state index contributed by atoms with van der Waals surface area (Å²) < 4.78 is 13.0. The van der Waals surface area contributed by atoms with E-state index in [4.69, 9.17) is 0 Å². The van der Waals surface area contributed by atoms with E-state index in [1.165, 1.54) is 4.90 Å². The van der Waals surface area contributed by atoms with Crippen LogP contribution in [0, 0.1) is 0 Å². The molecular weight excluding hydrogens is 372 g/mol. The molecule has 0 fully saturated rings. The van der Waals surface area contributed by atoms with Crippen molar-refractivity contribution in [2.75, 3.05) is 11.9 Å². The molecule has 0 bridgehead atoms. The van der Waals surface area contributed by atoms with Gasteiger partial charge in [-0.05, 0) is 35.9 Å². The fourth-order valence-corrected chi connectivity index (χ4v) is 4.54. The van der Waals surface area contributed by atoms with Gasteiger partial charge in [-0.3, -0.25) is 9.59 Å². The average molecular weight is 390 g/mol. The average Bonchev–Trinajstić information content (AvgIpc) is 2.83. The highest BCUT2D eigenvalue weighted by molar-refractivity contribution is 7.91. The van der Waals surface area contributed by atoms with Crippen LogP contribution in [0.3, 0.4) is 0 Å². The number of hydrogen-bond donors (Lipinski definition) is 1. The molecule has 1 aliphatic rings. The van der Waals surface area contributed by atoms with Gasteiger partial charge in [0.05, 0.1) is 5.56 Å². The van der Waals surface area contributed by atoms with E-state index < -0.39 is 11.2 Å². The molecule has 3 aromatic rings. The third kappa shape index (κ3) is 3.28. The summed E-state index contributed by atoms with van der Waals surface area (Å²) in [6.45, 7) is 0.406. The van der Waals surface area contributed by atoms with Gasteiger partial charge >= 0.3 is 0 Å². The third-order valence-corrected chi connectivity index (χ3v) is 6.20. The second kappa shape index (κ2) is 7.50. The van der Waals surface area contributed by atoms with Crippen LogP contribution < -0.4 is 10.2 Å². The molecule has 2 amide bonds. The standard InChI is InChI=1S/C22H18N2O3S/c1-24-18-13-16(21(25)23-14-15-7-3-2-4-8-15)11-12-20(18)28(27)19-10-6-5-9-17(19)22(24)26/h2-13H,14H2,1H3,(H,23,25). The summed E-state index contributed by atoms with van der Waals surface area (Å²) in [6, 6.07) is 21.4. The Bertz CT molecular complexity index is 1050. The smallest absolute Gasteiger partial charge is 0.263 e. The SMILES string of the molecule is CN1C(=O)c2ccccc2[S+]([O-])c2ccc(C(=O)NCc3ccccc3)cc21. The minimum Gasteiger partial charge on any atom is -0.606 e. The molecule has 0 saturated heterocycles. The van der Waals surface area contributed by atoms with Crippen LogP contribution >= 0.6 is 0 Å². The van der Waals surface area contributed by atoms with Crippen molar-refractivity contribution < 1.29 is 14.1 Å². The molecule has 0 aromatic heterocycles. The van der Waals surface area contributed by atoms with Crippen LogP contribution in [0.2, 0.25) is 0 Å². The van der Waals surface area contributed by atoms with Crippen LogP contribution in [0.5, 0.6) is 0 Å². The van der Waals surface area contributed by atoms with Crippen molar-refractivity contribution in [3.8, 4) is 0 Å². The highest BCUT2D eigenvalue weighted by Crippen LogP contribution is 2.36. The van der Waals surface area contributed by atoms with Gasteiger partial charge in [0.15, 0.2) is 9.79 Å². The monoisotopic (exact) mass is 390 g/mol. The highest BCUT2D eigenvalue weighted by Gasteiger charge is 2.34. The van der Waals surface area contributed by atoms with Crippen molar-refractivity contribution in [1.82, 2.24) is 5.32 Å². The fourth-order valence-electron chi connectivity index (χ4n) is 3.17. The van der Waals surface area contributed by atoms with E-state index in [-0.39, 0.29) is 11.8 Å². The Morgan fingerprint density at radius 2 is 1.71 bits per heavy atom. The molecule has 1 unspecified atom stereocenters. The maximum Gasteiger partial charge on any atom is 0.263 e. The molecule has 140 valence electrons. The molecule has 0 spiro atoms. The number of anilines is 1. The highest BCUT2D eigenvalue weighted by atomic mass is 32.2. The van der Waals surface area contributed by atoms with Crippen LogP contribution in [0.15, 0.2) is 82.6 Å². The first kappa shape index (κ1) is 18.3. The van der Waals surface area contributed by atoms with Crippen molar-refractivity contribution in [2.24, 2.45) is 0 Å². The summed E-state index contributed by atoms with van der Waals surface area (Å²) in [6.07, 6.45) is 0. The topological polar surface area (TPSA) is 72.5 Å². The predicted octanol–water partition coefficient (Wildman–Crippen LogP) is 3.37. The molecule has 0 saturated carbocycles. The van der Waals surface area contributed by atoms with Crippen LogP contribution in [0.25, 0.3) is 0 Å². The van der Waals surface area contributed by atoms with Crippen molar-refractivity contribution in [3.05, 3.63) is 89.5 Å². The Morgan fingerprint density at radius 3 is 2.50 bits per heavy atom. The van der Waals surface area contributed by atoms with Gasteiger partial charge in [-0.1, -0.05) is 42.5 Å². The molecule has 4 rings (SSSR count). The van der Waals surface area contributed by atoms with Gasteiger partial charge in [0, 0.05) is 30.3 Å². The molecule has 3 aromatic carbocycles. The number of carbonyl (C=O) groups excluding carboxylic acids is 2. The van der Waals surface area contributed by atoms with E-state index in [9.17, 15) is 14.1 Å². The number of amides is 2. The van der Waals surface area contributed by atoms with Crippen molar-refractivity contribution in [2.45, 2.75) is 16.3 Å². The van der Waals surface area contributed by atoms with Gasteiger partial charge in [-0.15, -0.1) is 0 Å². The van der Waals surface area contributed by atoms with E-state index in [0.29, 0.717) is 33.2 Å². The zero-order valence-electron chi connectivity index (χ0n) is 15.2. The number of carbonyl (C=O) groups is 2. The van der Waals surface area contributed by atoms with Crippen molar-refractivity contribution >= 4 is 28.7 Å². The van der Waals surface area contributed by atoms with Crippen LogP contribution in [0.1, 0.15) is 26.3 Å². The lowest BCUT2D eigenvalue weighted by molar-refractivity contribution is 0.0948. The van der Waals surface area contributed by atoms with E-state index in [0.717, 1.165) is 5.56 Å². The molecule has 1 N–H and O–H groups in total. The third-order valence-electron chi connectivity index (χ3n) is 4.70. The summed E-state index contributed by atoms with van der Waals surface area (Å²) in [5.74, 6) is -0.496. The van der Waals surface area contributed by atoms with Gasteiger partial charge in [0.1, 0.15) is 5.69 Å². The second-order valence-corrected chi connectivity index (χ2v) is 7.90. The van der Waals surface area contributed by atoms with Crippen LogP contribution in [0.4, 0.5) is 5.69 Å². The Labute approximate surface area is 166 Å². The zero-order valence-corrected chi connectivity index (χ0v) is 16.0. The lowest BCUT2D eigenvalue weighted by Gasteiger charge is -2.17. The first-order valence-electron chi connectivity index (χ1n) is 8.81. The Morgan fingerprint density at radius 1 is 1.00 bits per heavy atom. The molecule has 5 nitrogen and oxygen atoms in total. The second-order valence-electron chi connectivity index (χ2n) is 6.48. The summed E-state index contributed by atoms with van der Waals surface area (Å²) in [7, 11) is 1.63. The molecule has 0 aliphatic carbocycles. The number of benzene rings is 3. The van der Waals surface area contributed by atoms with Gasteiger partial charge in [0.25, 0.3) is 11.8 Å². The first-order valence-corrected chi connectivity index (χ1v) is 9.96. The lowest BCUT2D eigenvalue weighted by atomic mass is 10.1. The molecule has 6 heteroatoms. The number of rotatable bonds is 3. The summed E-state index contributed by atoms with van der Waals surface area (Å²) in [4.78, 5) is 27.9. The summed E-state index contributed by atoms with van der Waals surface area (Å²) in [5.41, 5.74) is 2.30.